The van der Waals surface area contributed by atoms with Crippen LogP contribution in [0.4, 0.5) is 0 Å². The fourth-order valence-corrected chi connectivity index (χ4v) is 0.765. The van der Waals surface area contributed by atoms with Crippen LogP contribution in [0, 0.1) is 0 Å². The Morgan fingerprint density at radius 3 is 2.83 bits per heavy atom. The molecule has 0 aliphatic heterocycles. The molecule has 0 saturated carbocycles. The minimum atomic E-state index is -0.297. The largest absolute Gasteiger partial charge is 0.347 e. The number of aromatic amines is 1. The first-order valence-electron chi connectivity index (χ1n) is 3.38. The third-order valence-electron chi connectivity index (χ3n) is 1.30. The minimum absolute atomic E-state index is 0.297. The van der Waals surface area contributed by atoms with Gasteiger partial charge >= 0.3 is 5.69 Å². The van der Waals surface area contributed by atoms with Crippen LogP contribution in [0.2, 0.25) is 0 Å². The highest BCUT2D eigenvalue weighted by molar-refractivity contribution is 5.45. The van der Waals surface area contributed by atoms with Crippen molar-refractivity contribution in [1.29, 1.82) is 0 Å². The molecule has 62 valence electrons. The lowest BCUT2D eigenvalue weighted by Crippen LogP contribution is -2.11. The van der Waals surface area contributed by atoms with Crippen molar-refractivity contribution in [2.24, 2.45) is 0 Å². The minimum Gasteiger partial charge on any atom is -0.251 e. The highest BCUT2D eigenvalue weighted by Gasteiger charge is 1.98. The Morgan fingerprint density at radius 1 is 1.50 bits per heavy atom. The predicted molar refractivity (Wildman–Crippen MR) is 48.5 cm³/mol. The summed E-state index contributed by atoms with van der Waals surface area (Å²) >= 11 is 0. The molecule has 4 nitrogen and oxygen atoms in total. The molecule has 0 amide bonds. The summed E-state index contributed by atoms with van der Waals surface area (Å²) in [4.78, 5) is 10.9. The summed E-state index contributed by atoms with van der Waals surface area (Å²) in [6.45, 7) is 6.98. The van der Waals surface area contributed by atoms with E-state index in [1.807, 2.05) is 0 Å². The molecule has 0 radical (unpaired) electrons. The Morgan fingerprint density at radius 2 is 2.25 bits per heavy atom. The summed E-state index contributed by atoms with van der Waals surface area (Å²) in [5.74, 6) is 0.509. The Balaban J connectivity index is 3.15. The first-order chi connectivity index (χ1) is 5.79. The van der Waals surface area contributed by atoms with E-state index in [2.05, 4.69) is 23.4 Å². The van der Waals surface area contributed by atoms with Crippen LogP contribution in [0.25, 0.3) is 12.3 Å². The predicted octanol–water partition coefficient (Wildman–Crippen LogP) is 0.871. The van der Waals surface area contributed by atoms with E-state index >= 15 is 0 Å². The zero-order chi connectivity index (χ0) is 8.97. The Labute approximate surface area is 69.5 Å². The molecule has 1 N–H and O–H groups in total. The molecule has 0 unspecified atom stereocenters. The quantitative estimate of drug-likeness (QED) is 0.672. The van der Waals surface area contributed by atoms with Crippen molar-refractivity contribution in [3.8, 4) is 0 Å². The van der Waals surface area contributed by atoms with Crippen LogP contribution in [0.15, 0.2) is 30.1 Å². The average molecular weight is 163 g/mol. The van der Waals surface area contributed by atoms with Gasteiger partial charge in [-0.05, 0) is 6.08 Å². The summed E-state index contributed by atoms with van der Waals surface area (Å²) < 4.78 is 1.31. The van der Waals surface area contributed by atoms with Crippen molar-refractivity contribution in [1.82, 2.24) is 14.8 Å². The second-order valence-electron chi connectivity index (χ2n) is 2.03. The zero-order valence-electron chi connectivity index (χ0n) is 6.53. The molecule has 1 heterocycles. The van der Waals surface area contributed by atoms with E-state index in [9.17, 15) is 4.79 Å². The monoisotopic (exact) mass is 163 g/mol. The van der Waals surface area contributed by atoms with Gasteiger partial charge in [0.2, 0.25) is 0 Å². The molecule has 1 rings (SSSR count). The van der Waals surface area contributed by atoms with Gasteiger partial charge in [0.05, 0.1) is 0 Å². The van der Waals surface area contributed by atoms with Gasteiger partial charge in [-0.2, -0.15) is 5.10 Å². The maximum atomic E-state index is 10.9. The molecule has 1 aromatic rings. The number of rotatable bonds is 3. The fraction of sp³-hybridized carbons (Fsp3) is 0. The van der Waals surface area contributed by atoms with E-state index < -0.39 is 0 Å². The van der Waals surface area contributed by atoms with Crippen LogP contribution >= 0.6 is 0 Å². The summed E-state index contributed by atoms with van der Waals surface area (Å²) in [6, 6.07) is 0. The molecular weight excluding hydrogens is 154 g/mol. The van der Waals surface area contributed by atoms with Crippen LogP contribution in [-0.4, -0.2) is 14.8 Å². The third-order valence-corrected chi connectivity index (χ3v) is 1.30. The normalized spacial score (nSPS) is 10.3. The SMILES string of the molecule is C=C/C=C\c1n[nH]c(=O)n1C=C. The molecule has 4 heteroatoms. The molecular formula is C8H9N3O. The van der Waals surface area contributed by atoms with E-state index in [0.717, 1.165) is 0 Å². The molecule has 1 aromatic heterocycles. The van der Waals surface area contributed by atoms with Crippen LogP contribution in [0.5, 0.6) is 0 Å². The van der Waals surface area contributed by atoms with Crippen molar-refractivity contribution in [2.75, 3.05) is 0 Å². The lowest BCUT2D eigenvalue weighted by molar-refractivity contribution is 1.03. The number of allylic oxidation sites excluding steroid dienone is 2. The summed E-state index contributed by atoms with van der Waals surface area (Å²) in [5.41, 5.74) is -0.297. The Kier molecular flexibility index (Phi) is 2.42. The maximum Gasteiger partial charge on any atom is 0.347 e. The highest BCUT2D eigenvalue weighted by Crippen LogP contribution is 1.93. The van der Waals surface area contributed by atoms with Crippen molar-refractivity contribution >= 4 is 12.3 Å². The van der Waals surface area contributed by atoms with Crippen LogP contribution < -0.4 is 5.69 Å². The second-order valence-corrected chi connectivity index (χ2v) is 2.03. The number of aromatic nitrogens is 3. The molecule has 12 heavy (non-hydrogen) atoms. The van der Waals surface area contributed by atoms with Gasteiger partial charge in [-0.15, -0.1) is 0 Å². The van der Waals surface area contributed by atoms with Gasteiger partial charge < -0.3 is 0 Å². The van der Waals surface area contributed by atoms with Crippen molar-refractivity contribution in [3.63, 3.8) is 0 Å². The molecule has 0 aliphatic rings. The van der Waals surface area contributed by atoms with Crippen molar-refractivity contribution in [2.45, 2.75) is 0 Å². The average Bonchev–Trinajstić information content (AvgIpc) is 2.43. The van der Waals surface area contributed by atoms with Gasteiger partial charge in [-0.1, -0.05) is 25.3 Å². The molecule has 0 fully saturated rings. The van der Waals surface area contributed by atoms with Gasteiger partial charge in [0.1, 0.15) is 0 Å². The first-order valence-corrected chi connectivity index (χ1v) is 3.38. The van der Waals surface area contributed by atoms with Crippen LogP contribution in [-0.2, 0) is 0 Å². The third kappa shape index (κ3) is 1.42. The van der Waals surface area contributed by atoms with Crippen LogP contribution in [0.1, 0.15) is 5.82 Å². The molecule has 0 aromatic carbocycles. The summed E-state index contributed by atoms with van der Waals surface area (Å²) in [7, 11) is 0. The van der Waals surface area contributed by atoms with E-state index in [4.69, 9.17) is 0 Å². The lowest BCUT2D eigenvalue weighted by atomic mass is 10.4. The topological polar surface area (TPSA) is 50.7 Å². The maximum absolute atomic E-state index is 10.9. The zero-order valence-corrected chi connectivity index (χ0v) is 6.53. The number of H-pyrrole nitrogens is 1. The number of nitrogens with zero attached hydrogens (tertiary/aromatic N) is 2. The molecule has 0 aliphatic carbocycles. The van der Waals surface area contributed by atoms with E-state index in [0.29, 0.717) is 5.82 Å². The first kappa shape index (κ1) is 8.26. The van der Waals surface area contributed by atoms with Gasteiger partial charge in [0, 0.05) is 6.20 Å². The molecule has 0 bridgehead atoms. The molecule has 0 saturated heterocycles. The fourth-order valence-electron chi connectivity index (χ4n) is 0.765. The summed E-state index contributed by atoms with van der Waals surface area (Å²) in [6.07, 6.45) is 6.35. The van der Waals surface area contributed by atoms with E-state index in [-0.39, 0.29) is 5.69 Å². The van der Waals surface area contributed by atoms with Gasteiger partial charge in [-0.25, -0.2) is 9.89 Å². The summed E-state index contributed by atoms with van der Waals surface area (Å²) in [5, 5.41) is 6.04. The second kappa shape index (κ2) is 3.52. The Bertz CT molecular complexity index is 370. The van der Waals surface area contributed by atoms with Gasteiger partial charge in [0.25, 0.3) is 0 Å². The van der Waals surface area contributed by atoms with Gasteiger partial charge in [0.15, 0.2) is 5.82 Å². The highest BCUT2D eigenvalue weighted by atomic mass is 16.1. The van der Waals surface area contributed by atoms with Crippen molar-refractivity contribution in [3.05, 3.63) is 41.6 Å². The van der Waals surface area contributed by atoms with Crippen molar-refractivity contribution < 1.29 is 0 Å². The number of hydrogen-bond donors (Lipinski definition) is 1. The van der Waals surface area contributed by atoms with E-state index in [1.54, 1.807) is 18.2 Å². The Hall–Kier alpha value is -1.84. The lowest BCUT2D eigenvalue weighted by Gasteiger charge is -1.89. The number of nitrogens with one attached hydrogen (secondary N) is 1. The molecule has 0 atom stereocenters. The number of hydrogen-bond acceptors (Lipinski definition) is 2. The van der Waals surface area contributed by atoms with E-state index in [1.165, 1.54) is 10.8 Å². The van der Waals surface area contributed by atoms with Gasteiger partial charge in [-0.3, -0.25) is 4.57 Å². The van der Waals surface area contributed by atoms with Crippen LogP contribution in [0.3, 0.4) is 0 Å². The standard InChI is InChI=1S/C8H9N3O/c1-3-5-6-7-9-10-8(12)11(7)4-2/h3-6H,1-2H2,(H,10,12)/b6-5-. The molecule has 0 spiro atoms. The smallest absolute Gasteiger partial charge is 0.251 e.